The van der Waals surface area contributed by atoms with Crippen LogP contribution in [0.5, 0.6) is 0 Å². The van der Waals surface area contributed by atoms with Crippen molar-refractivity contribution < 1.29 is 9.53 Å². The van der Waals surface area contributed by atoms with Crippen LogP contribution in [0.2, 0.25) is 0 Å². The fourth-order valence-electron chi connectivity index (χ4n) is 3.89. The van der Waals surface area contributed by atoms with Crippen molar-refractivity contribution in [3.8, 4) is 0 Å². The van der Waals surface area contributed by atoms with Crippen LogP contribution in [-0.2, 0) is 9.53 Å². The number of carbonyl (C=O) groups excluding carboxylic acids is 1. The highest BCUT2D eigenvalue weighted by Crippen LogP contribution is 2.43. The standard InChI is InChI=1S/C18H33N3O2/c1-3-19-17(20-13-8-9-16(22)23-4-2)21-14-12-18(15-21)10-6-5-7-11-18/h3-15H2,1-2H3,(H,19,20). The quantitative estimate of drug-likeness (QED) is 0.353. The summed E-state index contributed by atoms with van der Waals surface area (Å²) in [5, 5.41) is 3.42. The summed E-state index contributed by atoms with van der Waals surface area (Å²) in [6.45, 7) is 8.25. The van der Waals surface area contributed by atoms with Crippen molar-refractivity contribution in [1.82, 2.24) is 10.2 Å². The fourth-order valence-corrected chi connectivity index (χ4v) is 3.89. The lowest BCUT2D eigenvalue weighted by molar-refractivity contribution is -0.143. The first-order chi connectivity index (χ1) is 11.2. The molecule has 2 aliphatic rings. The lowest BCUT2D eigenvalue weighted by Gasteiger charge is -2.33. The Morgan fingerprint density at radius 2 is 2.00 bits per heavy atom. The third-order valence-electron chi connectivity index (χ3n) is 5.09. The van der Waals surface area contributed by atoms with Crippen molar-refractivity contribution in [1.29, 1.82) is 0 Å². The smallest absolute Gasteiger partial charge is 0.305 e. The largest absolute Gasteiger partial charge is 0.466 e. The predicted molar refractivity (Wildman–Crippen MR) is 93.6 cm³/mol. The van der Waals surface area contributed by atoms with Crippen LogP contribution in [0.25, 0.3) is 0 Å². The van der Waals surface area contributed by atoms with Crippen LogP contribution < -0.4 is 5.32 Å². The minimum Gasteiger partial charge on any atom is -0.466 e. The SMILES string of the molecule is CCNC(=NCCCC(=O)OCC)N1CCC2(CCCCC2)C1. The van der Waals surface area contributed by atoms with E-state index in [1.54, 1.807) is 0 Å². The van der Waals surface area contributed by atoms with Gasteiger partial charge < -0.3 is 15.0 Å². The van der Waals surface area contributed by atoms with Crippen LogP contribution in [0.4, 0.5) is 0 Å². The summed E-state index contributed by atoms with van der Waals surface area (Å²) in [6.07, 6.45) is 9.47. The number of hydrogen-bond donors (Lipinski definition) is 1. The van der Waals surface area contributed by atoms with Gasteiger partial charge in [-0.3, -0.25) is 9.79 Å². The third-order valence-corrected chi connectivity index (χ3v) is 5.09. The molecule has 5 nitrogen and oxygen atoms in total. The van der Waals surface area contributed by atoms with E-state index in [1.165, 1.54) is 38.5 Å². The molecule has 0 aromatic rings. The summed E-state index contributed by atoms with van der Waals surface area (Å²) in [6, 6.07) is 0. The van der Waals surface area contributed by atoms with Crippen LogP contribution in [0, 0.1) is 5.41 Å². The molecule has 1 spiro atoms. The number of guanidine groups is 1. The zero-order chi connectivity index (χ0) is 16.5. The summed E-state index contributed by atoms with van der Waals surface area (Å²) in [5.74, 6) is 0.911. The highest BCUT2D eigenvalue weighted by molar-refractivity contribution is 5.80. The van der Waals surface area contributed by atoms with Crippen LogP contribution >= 0.6 is 0 Å². The van der Waals surface area contributed by atoms with E-state index < -0.39 is 0 Å². The number of aliphatic imine (C=N–C) groups is 1. The number of ether oxygens (including phenoxy) is 1. The first-order valence-corrected chi connectivity index (χ1v) is 9.38. The van der Waals surface area contributed by atoms with Crippen molar-refractivity contribution in [3.05, 3.63) is 0 Å². The molecule has 1 aliphatic heterocycles. The van der Waals surface area contributed by atoms with Crippen LogP contribution in [-0.4, -0.2) is 49.6 Å². The highest BCUT2D eigenvalue weighted by Gasteiger charge is 2.39. The van der Waals surface area contributed by atoms with Crippen molar-refractivity contribution in [3.63, 3.8) is 0 Å². The van der Waals surface area contributed by atoms with E-state index in [4.69, 9.17) is 9.73 Å². The predicted octanol–water partition coefficient (Wildman–Crippen LogP) is 2.95. The van der Waals surface area contributed by atoms with Crippen molar-refractivity contribution in [2.24, 2.45) is 10.4 Å². The molecular formula is C18H33N3O2. The summed E-state index contributed by atoms with van der Waals surface area (Å²) in [7, 11) is 0. The van der Waals surface area contributed by atoms with Gasteiger partial charge in [-0.25, -0.2) is 0 Å². The molecule has 0 radical (unpaired) electrons. The number of rotatable bonds is 6. The van der Waals surface area contributed by atoms with E-state index in [9.17, 15) is 4.79 Å². The zero-order valence-corrected chi connectivity index (χ0v) is 14.9. The van der Waals surface area contributed by atoms with Gasteiger partial charge in [-0.1, -0.05) is 19.3 Å². The van der Waals surface area contributed by atoms with Crippen LogP contribution in [0.15, 0.2) is 4.99 Å². The molecular weight excluding hydrogens is 290 g/mol. The molecule has 2 rings (SSSR count). The zero-order valence-electron chi connectivity index (χ0n) is 14.9. The van der Waals surface area contributed by atoms with Gasteiger partial charge in [0.15, 0.2) is 5.96 Å². The second-order valence-corrected chi connectivity index (χ2v) is 6.88. The minimum atomic E-state index is -0.116. The molecule has 132 valence electrons. The average Bonchev–Trinajstić information content (AvgIpc) is 2.95. The summed E-state index contributed by atoms with van der Waals surface area (Å²) in [5.41, 5.74) is 0.541. The Bertz CT molecular complexity index is 403. The molecule has 0 amide bonds. The maximum absolute atomic E-state index is 11.4. The molecule has 0 aromatic carbocycles. The van der Waals surface area contributed by atoms with E-state index in [1.807, 2.05) is 6.92 Å². The lowest BCUT2D eigenvalue weighted by atomic mass is 9.73. The molecule has 0 unspecified atom stereocenters. The second kappa shape index (κ2) is 9.14. The molecule has 23 heavy (non-hydrogen) atoms. The number of nitrogens with zero attached hydrogens (tertiary/aromatic N) is 2. The first-order valence-electron chi connectivity index (χ1n) is 9.38. The van der Waals surface area contributed by atoms with Gasteiger partial charge in [-0.15, -0.1) is 0 Å². The first kappa shape index (κ1) is 18.1. The summed E-state index contributed by atoms with van der Waals surface area (Å²) in [4.78, 5) is 18.5. The minimum absolute atomic E-state index is 0.116. The molecule has 0 atom stereocenters. The molecule has 1 heterocycles. The van der Waals surface area contributed by atoms with Gasteiger partial charge in [0.1, 0.15) is 0 Å². The van der Waals surface area contributed by atoms with E-state index in [0.29, 0.717) is 25.0 Å². The van der Waals surface area contributed by atoms with E-state index in [2.05, 4.69) is 17.1 Å². The maximum atomic E-state index is 11.4. The Morgan fingerprint density at radius 3 is 2.70 bits per heavy atom. The van der Waals surface area contributed by atoms with Gasteiger partial charge in [0.25, 0.3) is 0 Å². The Labute approximate surface area is 140 Å². The molecule has 1 N–H and O–H groups in total. The van der Waals surface area contributed by atoms with Gasteiger partial charge in [0.05, 0.1) is 6.61 Å². The van der Waals surface area contributed by atoms with Gasteiger partial charge in [0.2, 0.25) is 0 Å². The molecule has 0 bridgehead atoms. The van der Waals surface area contributed by atoms with Crippen molar-refractivity contribution >= 4 is 11.9 Å². The Hall–Kier alpha value is -1.26. The van der Waals surface area contributed by atoms with Crippen molar-refractivity contribution in [2.45, 2.75) is 65.2 Å². The molecule has 5 heteroatoms. The Morgan fingerprint density at radius 1 is 1.22 bits per heavy atom. The molecule has 0 aromatic heterocycles. The topological polar surface area (TPSA) is 53.9 Å². The van der Waals surface area contributed by atoms with Crippen LogP contribution in [0.3, 0.4) is 0 Å². The number of nitrogens with one attached hydrogen (secondary N) is 1. The summed E-state index contributed by atoms with van der Waals surface area (Å²) < 4.78 is 4.96. The third kappa shape index (κ3) is 5.40. The normalized spacial score (nSPS) is 20.8. The summed E-state index contributed by atoms with van der Waals surface area (Å²) >= 11 is 0. The molecule has 1 saturated heterocycles. The Balaban J connectivity index is 1.83. The van der Waals surface area contributed by atoms with E-state index >= 15 is 0 Å². The molecule has 2 fully saturated rings. The van der Waals surface area contributed by atoms with Gasteiger partial charge in [-0.05, 0) is 44.9 Å². The molecule has 1 aliphatic carbocycles. The van der Waals surface area contributed by atoms with E-state index in [-0.39, 0.29) is 5.97 Å². The van der Waals surface area contributed by atoms with Gasteiger partial charge >= 0.3 is 5.97 Å². The maximum Gasteiger partial charge on any atom is 0.305 e. The fraction of sp³-hybridized carbons (Fsp3) is 0.889. The van der Waals surface area contributed by atoms with Gasteiger partial charge in [0, 0.05) is 32.6 Å². The number of carbonyl (C=O) groups is 1. The van der Waals surface area contributed by atoms with Crippen LogP contribution in [0.1, 0.15) is 65.2 Å². The number of hydrogen-bond acceptors (Lipinski definition) is 3. The molecule has 1 saturated carbocycles. The Kier molecular flexibility index (Phi) is 7.18. The van der Waals surface area contributed by atoms with Gasteiger partial charge in [-0.2, -0.15) is 0 Å². The van der Waals surface area contributed by atoms with E-state index in [0.717, 1.165) is 32.0 Å². The monoisotopic (exact) mass is 323 g/mol. The highest BCUT2D eigenvalue weighted by atomic mass is 16.5. The number of esters is 1. The lowest BCUT2D eigenvalue weighted by Crippen LogP contribution is -2.41. The second-order valence-electron chi connectivity index (χ2n) is 6.88. The van der Waals surface area contributed by atoms with Crippen molar-refractivity contribution in [2.75, 3.05) is 32.8 Å². The average molecular weight is 323 g/mol. The number of likely N-dealkylation sites (tertiary alicyclic amines) is 1.